The van der Waals surface area contributed by atoms with Crippen molar-refractivity contribution in [2.24, 2.45) is 0 Å². The molecule has 0 saturated heterocycles. The number of aryl methyl sites for hydroxylation is 1. The van der Waals surface area contributed by atoms with Crippen molar-refractivity contribution in [2.45, 2.75) is 26.2 Å². The topological polar surface area (TPSA) is 0 Å². The third kappa shape index (κ3) is 2.60. The number of hydrogen-bond donors (Lipinski definition) is 0. The molecule has 0 saturated carbocycles. The molecule has 1 aliphatic rings. The van der Waals surface area contributed by atoms with Crippen molar-refractivity contribution in [3.05, 3.63) is 76.1 Å². The van der Waals surface area contributed by atoms with E-state index in [0.717, 1.165) is 11.1 Å². The smallest absolute Gasteiger partial charge is 0.133 e. The maximum Gasteiger partial charge on any atom is 0.133 e. The molecule has 21 heavy (non-hydrogen) atoms. The number of halogens is 3. The fourth-order valence-electron chi connectivity index (χ4n) is 2.79. The van der Waals surface area contributed by atoms with Crippen molar-refractivity contribution in [3.63, 3.8) is 0 Å². The first kappa shape index (κ1) is 13.9. The molecule has 0 unspecified atom stereocenters. The van der Waals surface area contributed by atoms with Crippen LogP contribution in [0.25, 0.3) is 5.57 Å². The van der Waals surface area contributed by atoms with E-state index in [4.69, 9.17) is 0 Å². The van der Waals surface area contributed by atoms with E-state index >= 15 is 0 Å². The summed E-state index contributed by atoms with van der Waals surface area (Å²) in [6.45, 7) is 1.86. The zero-order valence-electron chi connectivity index (χ0n) is 11.7. The third-order valence-corrected chi connectivity index (χ3v) is 3.95. The highest BCUT2D eigenvalue weighted by Gasteiger charge is 2.19. The number of fused-ring (bicyclic) bond motifs is 1. The van der Waals surface area contributed by atoms with Crippen LogP contribution in [0.3, 0.4) is 0 Å². The molecule has 108 valence electrons. The van der Waals surface area contributed by atoms with Crippen LogP contribution in [0.5, 0.6) is 0 Å². The minimum atomic E-state index is -0.524. The Morgan fingerprint density at radius 3 is 2.33 bits per heavy atom. The Balaban J connectivity index is 2.00. The Bertz CT molecular complexity index is 706. The van der Waals surface area contributed by atoms with Crippen molar-refractivity contribution in [1.29, 1.82) is 0 Å². The molecule has 0 fully saturated rings. The molecule has 0 bridgehead atoms. The standard InChI is InChI=1S/C18H15F3/c1-2-11-7-16(20)18(17(21)8-11)14-4-3-13-10-15(19)6-5-12(13)9-14/h4-8,10H,2-3,9H2,1H3. The summed E-state index contributed by atoms with van der Waals surface area (Å²) in [5.41, 5.74) is 3.12. The highest BCUT2D eigenvalue weighted by atomic mass is 19.1. The fourth-order valence-corrected chi connectivity index (χ4v) is 2.79. The molecular weight excluding hydrogens is 273 g/mol. The summed E-state index contributed by atoms with van der Waals surface area (Å²) in [4.78, 5) is 0. The maximum absolute atomic E-state index is 14.2. The SMILES string of the molecule is CCc1cc(F)c(C2=CCc3cc(F)ccc3C2)c(F)c1. The average molecular weight is 288 g/mol. The molecule has 3 heteroatoms. The normalized spacial score (nSPS) is 13.8. The molecule has 2 aromatic carbocycles. The first-order chi connectivity index (χ1) is 10.1. The zero-order chi connectivity index (χ0) is 15.0. The third-order valence-electron chi connectivity index (χ3n) is 3.95. The molecule has 0 radical (unpaired) electrons. The molecule has 0 nitrogen and oxygen atoms in total. The summed E-state index contributed by atoms with van der Waals surface area (Å²) >= 11 is 0. The number of allylic oxidation sites excluding steroid dienone is 2. The molecule has 0 atom stereocenters. The second-order valence-electron chi connectivity index (χ2n) is 5.31. The summed E-state index contributed by atoms with van der Waals surface area (Å²) < 4.78 is 41.5. The molecule has 0 aliphatic heterocycles. The highest BCUT2D eigenvalue weighted by molar-refractivity contribution is 5.71. The lowest BCUT2D eigenvalue weighted by atomic mass is 9.87. The monoisotopic (exact) mass is 288 g/mol. The van der Waals surface area contributed by atoms with Gasteiger partial charge in [-0.25, -0.2) is 13.2 Å². The quantitative estimate of drug-likeness (QED) is 0.741. The van der Waals surface area contributed by atoms with Crippen LogP contribution in [0.15, 0.2) is 36.4 Å². The van der Waals surface area contributed by atoms with Crippen LogP contribution < -0.4 is 0 Å². The summed E-state index contributed by atoms with van der Waals surface area (Å²) in [6.07, 6.45) is 3.30. The highest BCUT2D eigenvalue weighted by Crippen LogP contribution is 2.31. The van der Waals surface area contributed by atoms with Crippen LogP contribution in [0, 0.1) is 17.5 Å². The lowest BCUT2D eigenvalue weighted by Crippen LogP contribution is -2.06. The van der Waals surface area contributed by atoms with Crippen LogP contribution in [0.2, 0.25) is 0 Å². The first-order valence-corrected chi connectivity index (χ1v) is 7.03. The number of hydrogen-bond acceptors (Lipinski definition) is 0. The van der Waals surface area contributed by atoms with Crippen LogP contribution in [0.1, 0.15) is 29.2 Å². The minimum absolute atomic E-state index is 0.0437. The second kappa shape index (κ2) is 5.40. The molecule has 2 aromatic rings. The van der Waals surface area contributed by atoms with Gasteiger partial charge in [0.05, 0.1) is 0 Å². The van der Waals surface area contributed by atoms with E-state index in [0.29, 0.717) is 30.4 Å². The molecule has 0 N–H and O–H groups in total. The number of rotatable bonds is 2. The predicted molar refractivity (Wildman–Crippen MR) is 77.5 cm³/mol. The van der Waals surface area contributed by atoms with E-state index in [9.17, 15) is 13.2 Å². The van der Waals surface area contributed by atoms with Crippen molar-refractivity contribution in [2.75, 3.05) is 0 Å². The predicted octanol–water partition coefficient (Wildman–Crippen LogP) is 4.85. The Kier molecular flexibility index (Phi) is 3.58. The van der Waals surface area contributed by atoms with Gasteiger partial charge in [0, 0.05) is 5.56 Å². The van der Waals surface area contributed by atoms with Crippen molar-refractivity contribution >= 4 is 5.57 Å². The van der Waals surface area contributed by atoms with E-state index < -0.39 is 11.6 Å². The molecule has 0 heterocycles. The fraction of sp³-hybridized carbons (Fsp3) is 0.222. The van der Waals surface area contributed by atoms with Gasteiger partial charge >= 0.3 is 0 Å². The maximum atomic E-state index is 14.2. The van der Waals surface area contributed by atoms with Gasteiger partial charge in [-0.15, -0.1) is 0 Å². The van der Waals surface area contributed by atoms with E-state index in [2.05, 4.69) is 0 Å². The molecule has 0 amide bonds. The Hall–Kier alpha value is -2.03. The first-order valence-electron chi connectivity index (χ1n) is 7.03. The van der Waals surface area contributed by atoms with E-state index in [1.807, 2.05) is 6.92 Å². The van der Waals surface area contributed by atoms with Crippen LogP contribution >= 0.6 is 0 Å². The van der Waals surface area contributed by atoms with Gasteiger partial charge in [-0.1, -0.05) is 19.1 Å². The van der Waals surface area contributed by atoms with Crippen molar-refractivity contribution < 1.29 is 13.2 Å². The minimum Gasteiger partial charge on any atom is -0.207 e. The summed E-state index contributed by atoms with van der Waals surface area (Å²) in [5.74, 6) is -1.33. The van der Waals surface area contributed by atoms with Crippen molar-refractivity contribution in [1.82, 2.24) is 0 Å². The summed E-state index contributed by atoms with van der Waals surface area (Å²) in [7, 11) is 0. The van der Waals surface area contributed by atoms with E-state index in [-0.39, 0.29) is 11.4 Å². The van der Waals surface area contributed by atoms with Crippen LogP contribution in [-0.2, 0) is 19.3 Å². The van der Waals surface area contributed by atoms with Gasteiger partial charge in [0.2, 0.25) is 0 Å². The van der Waals surface area contributed by atoms with E-state index in [1.54, 1.807) is 12.1 Å². The van der Waals surface area contributed by atoms with Gasteiger partial charge in [0.15, 0.2) is 0 Å². The molecular formula is C18H15F3. The lowest BCUT2D eigenvalue weighted by Gasteiger charge is -2.18. The number of benzene rings is 2. The summed E-state index contributed by atoms with van der Waals surface area (Å²) in [6, 6.07) is 7.33. The largest absolute Gasteiger partial charge is 0.207 e. The lowest BCUT2D eigenvalue weighted by molar-refractivity contribution is 0.572. The summed E-state index contributed by atoms with van der Waals surface area (Å²) in [5, 5.41) is 0. The van der Waals surface area contributed by atoms with Crippen molar-refractivity contribution in [3.8, 4) is 0 Å². The van der Waals surface area contributed by atoms with Gasteiger partial charge in [-0.05, 0) is 65.8 Å². The molecule has 3 rings (SSSR count). The Labute approximate surface area is 121 Å². The van der Waals surface area contributed by atoms with Gasteiger partial charge < -0.3 is 0 Å². The molecule has 0 spiro atoms. The second-order valence-corrected chi connectivity index (χ2v) is 5.31. The average Bonchev–Trinajstić information content (AvgIpc) is 2.46. The zero-order valence-corrected chi connectivity index (χ0v) is 11.7. The van der Waals surface area contributed by atoms with Crippen LogP contribution in [-0.4, -0.2) is 0 Å². The van der Waals surface area contributed by atoms with Gasteiger partial charge in [-0.3, -0.25) is 0 Å². The molecule has 1 aliphatic carbocycles. The van der Waals surface area contributed by atoms with Gasteiger partial charge in [0.1, 0.15) is 17.5 Å². The van der Waals surface area contributed by atoms with Gasteiger partial charge in [0.25, 0.3) is 0 Å². The van der Waals surface area contributed by atoms with Gasteiger partial charge in [-0.2, -0.15) is 0 Å². The Morgan fingerprint density at radius 1 is 0.952 bits per heavy atom. The van der Waals surface area contributed by atoms with Crippen LogP contribution in [0.4, 0.5) is 13.2 Å². The van der Waals surface area contributed by atoms with E-state index in [1.165, 1.54) is 24.3 Å². The Morgan fingerprint density at radius 2 is 1.67 bits per heavy atom. The molecule has 0 aromatic heterocycles.